The van der Waals surface area contributed by atoms with Gasteiger partial charge in [0.2, 0.25) is 0 Å². The number of hydrogen-bond acceptors (Lipinski definition) is 6. The largest absolute Gasteiger partial charge is 0.490 e. The van der Waals surface area contributed by atoms with E-state index in [4.69, 9.17) is 32.7 Å². The molecule has 4 rings (SSSR count). The molecule has 0 saturated carbocycles. The molecule has 0 aliphatic rings. The van der Waals surface area contributed by atoms with Gasteiger partial charge < -0.3 is 14.8 Å². The van der Waals surface area contributed by atoms with Gasteiger partial charge in [0.05, 0.1) is 34.7 Å². The zero-order chi connectivity index (χ0) is 28.5. The third-order valence-electron chi connectivity index (χ3n) is 5.46. The molecule has 0 aliphatic heterocycles. The van der Waals surface area contributed by atoms with Gasteiger partial charge in [0, 0.05) is 10.6 Å². The Bertz CT molecular complexity index is 1580. The number of nitrogens with zero attached hydrogens (tertiary/aromatic N) is 1. The SMILES string of the molecule is CCOc1cc(/C=N\NC(=O)c2ccccc2NC(=O)c2ccccc2)ccc1OC(=O)c1ccc(Cl)cc1Cl. The van der Waals surface area contributed by atoms with Crippen LogP contribution < -0.4 is 20.2 Å². The highest BCUT2D eigenvalue weighted by Gasteiger charge is 2.17. The van der Waals surface area contributed by atoms with E-state index in [1.54, 1.807) is 73.7 Å². The zero-order valence-corrected chi connectivity index (χ0v) is 22.7. The predicted molar refractivity (Wildman–Crippen MR) is 155 cm³/mol. The van der Waals surface area contributed by atoms with Crippen molar-refractivity contribution < 1.29 is 23.9 Å². The smallest absolute Gasteiger partial charge is 0.345 e. The van der Waals surface area contributed by atoms with E-state index in [0.717, 1.165) is 0 Å². The third kappa shape index (κ3) is 7.25. The van der Waals surface area contributed by atoms with E-state index >= 15 is 0 Å². The molecule has 2 N–H and O–H groups in total. The molecule has 8 nitrogen and oxygen atoms in total. The van der Waals surface area contributed by atoms with Crippen molar-refractivity contribution in [2.45, 2.75) is 6.92 Å². The Morgan fingerprint density at radius 2 is 1.57 bits per heavy atom. The van der Waals surface area contributed by atoms with Crippen LogP contribution in [0.25, 0.3) is 0 Å². The fourth-order valence-corrected chi connectivity index (χ4v) is 4.05. The molecule has 40 heavy (non-hydrogen) atoms. The molecule has 0 fully saturated rings. The number of ether oxygens (including phenoxy) is 2. The van der Waals surface area contributed by atoms with Crippen molar-refractivity contribution in [3.8, 4) is 11.5 Å². The van der Waals surface area contributed by atoms with E-state index in [1.165, 1.54) is 24.4 Å². The van der Waals surface area contributed by atoms with E-state index in [9.17, 15) is 14.4 Å². The van der Waals surface area contributed by atoms with E-state index < -0.39 is 11.9 Å². The summed E-state index contributed by atoms with van der Waals surface area (Å²) < 4.78 is 11.1. The van der Waals surface area contributed by atoms with Crippen LogP contribution in [-0.2, 0) is 0 Å². The standard InChI is InChI=1S/C30H23Cl2N3O5/c1-2-39-27-16-19(12-15-26(27)40-30(38)22-14-13-21(31)17-24(22)32)18-33-35-29(37)23-10-6-7-11-25(23)34-28(36)20-8-4-3-5-9-20/h3-18H,2H2,1H3,(H,34,36)(H,35,37)/b33-18-. The van der Waals surface area contributed by atoms with Crippen molar-refractivity contribution in [3.05, 3.63) is 123 Å². The molecule has 0 aliphatic carbocycles. The van der Waals surface area contributed by atoms with E-state index in [1.807, 2.05) is 6.07 Å². The first-order chi connectivity index (χ1) is 19.4. The first-order valence-electron chi connectivity index (χ1n) is 12.1. The van der Waals surface area contributed by atoms with Crippen LogP contribution in [0.5, 0.6) is 11.5 Å². The number of carbonyl (C=O) groups is 3. The van der Waals surface area contributed by atoms with Crippen molar-refractivity contribution in [1.29, 1.82) is 0 Å². The lowest BCUT2D eigenvalue weighted by atomic mass is 10.1. The summed E-state index contributed by atoms with van der Waals surface area (Å²) in [5.74, 6) is -1.05. The quantitative estimate of drug-likeness (QED) is 0.101. The maximum atomic E-state index is 12.8. The molecule has 0 atom stereocenters. The minimum atomic E-state index is -0.672. The summed E-state index contributed by atoms with van der Waals surface area (Å²) >= 11 is 12.0. The summed E-state index contributed by atoms with van der Waals surface area (Å²) in [5, 5.41) is 7.34. The van der Waals surface area contributed by atoms with Crippen LogP contribution in [0, 0.1) is 0 Å². The van der Waals surface area contributed by atoms with Gasteiger partial charge in [0.25, 0.3) is 11.8 Å². The van der Waals surface area contributed by atoms with Crippen molar-refractivity contribution >= 4 is 52.9 Å². The zero-order valence-electron chi connectivity index (χ0n) is 21.2. The average molecular weight is 576 g/mol. The molecule has 4 aromatic rings. The minimum absolute atomic E-state index is 0.155. The van der Waals surface area contributed by atoms with Crippen molar-refractivity contribution in [2.24, 2.45) is 5.10 Å². The van der Waals surface area contributed by atoms with Gasteiger partial charge in [-0.3, -0.25) is 9.59 Å². The molecule has 0 spiro atoms. The van der Waals surface area contributed by atoms with E-state index in [0.29, 0.717) is 34.2 Å². The third-order valence-corrected chi connectivity index (χ3v) is 6.00. The fourth-order valence-electron chi connectivity index (χ4n) is 3.57. The molecular formula is C30H23Cl2N3O5. The first kappa shape index (κ1) is 28.4. The number of rotatable bonds is 9. The lowest BCUT2D eigenvalue weighted by molar-refractivity contribution is 0.0728. The molecule has 0 unspecified atom stereocenters. The van der Waals surface area contributed by atoms with Crippen LogP contribution in [0.3, 0.4) is 0 Å². The number of carbonyl (C=O) groups excluding carboxylic acids is 3. The van der Waals surface area contributed by atoms with E-state index in [2.05, 4.69) is 15.8 Å². The van der Waals surface area contributed by atoms with Gasteiger partial charge in [-0.05, 0) is 73.2 Å². The Labute approximate surface area is 240 Å². The highest BCUT2D eigenvalue weighted by Crippen LogP contribution is 2.30. The molecule has 202 valence electrons. The van der Waals surface area contributed by atoms with Crippen LogP contribution >= 0.6 is 23.2 Å². The number of nitrogens with one attached hydrogen (secondary N) is 2. The summed E-state index contributed by atoms with van der Waals surface area (Å²) in [6, 6.07) is 24.5. The number of benzene rings is 4. The van der Waals surface area contributed by atoms with Gasteiger partial charge >= 0.3 is 5.97 Å². The average Bonchev–Trinajstić information content (AvgIpc) is 2.95. The molecule has 2 amide bonds. The van der Waals surface area contributed by atoms with Crippen molar-refractivity contribution in [2.75, 3.05) is 11.9 Å². The molecule has 0 aromatic heterocycles. The van der Waals surface area contributed by atoms with Crippen LogP contribution in [0.4, 0.5) is 5.69 Å². The van der Waals surface area contributed by atoms with Crippen LogP contribution in [0.15, 0.2) is 96.1 Å². The van der Waals surface area contributed by atoms with Gasteiger partial charge in [-0.1, -0.05) is 53.5 Å². The molecule has 0 bridgehead atoms. The minimum Gasteiger partial charge on any atom is -0.490 e. The predicted octanol–water partition coefficient (Wildman–Crippen LogP) is 6.63. The second-order valence-corrected chi connectivity index (χ2v) is 9.06. The van der Waals surface area contributed by atoms with Crippen LogP contribution in [0.2, 0.25) is 10.0 Å². The summed E-state index contributed by atoms with van der Waals surface area (Å²) in [4.78, 5) is 38.0. The second-order valence-electron chi connectivity index (χ2n) is 8.22. The molecule has 4 aromatic carbocycles. The number of para-hydroxylation sites is 1. The highest BCUT2D eigenvalue weighted by molar-refractivity contribution is 6.36. The first-order valence-corrected chi connectivity index (χ1v) is 12.8. The normalized spacial score (nSPS) is 10.7. The Morgan fingerprint density at radius 1 is 0.825 bits per heavy atom. The summed E-state index contributed by atoms with van der Waals surface area (Å²) in [6.45, 7) is 2.10. The van der Waals surface area contributed by atoms with Gasteiger partial charge in [-0.25, -0.2) is 10.2 Å². The Morgan fingerprint density at radius 3 is 2.33 bits per heavy atom. The molecule has 0 saturated heterocycles. The fraction of sp³-hybridized carbons (Fsp3) is 0.0667. The Kier molecular flexibility index (Phi) is 9.51. The maximum absolute atomic E-state index is 12.8. The monoisotopic (exact) mass is 575 g/mol. The number of esters is 1. The summed E-state index contributed by atoms with van der Waals surface area (Å²) in [5.41, 5.74) is 4.23. The van der Waals surface area contributed by atoms with Gasteiger partial charge in [0.1, 0.15) is 0 Å². The van der Waals surface area contributed by atoms with Crippen molar-refractivity contribution in [1.82, 2.24) is 5.43 Å². The molecular weight excluding hydrogens is 553 g/mol. The van der Waals surface area contributed by atoms with Gasteiger partial charge in [0.15, 0.2) is 11.5 Å². The number of amides is 2. The van der Waals surface area contributed by atoms with E-state index in [-0.39, 0.29) is 27.8 Å². The topological polar surface area (TPSA) is 106 Å². The van der Waals surface area contributed by atoms with Gasteiger partial charge in [-0.15, -0.1) is 0 Å². The number of hydrogen-bond donors (Lipinski definition) is 2. The lowest BCUT2D eigenvalue weighted by Gasteiger charge is -2.12. The lowest BCUT2D eigenvalue weighted by Crippen LogP contribution is -2.21. The van der Waals surface area contributed by atoms with Crippen molar-refractivity contribution in [3.63, 3.8) is 0 Å². The number of hydrazone groups is 1. The van der Waals surface area contributed by atoms with Gasteiger partial charge in [-0.2, -0.15) is 5.10 Å². The van der Waals surface area contributed by atoms with Crippen LogP contribution in [-0.4, -0.2) is 30.6 Å². The molecule has 0 heterocycles. The second kappa shape index (κ2) is 13.4. The number of halogens is 2. The van der Waals surface area contributed by atoms with Crippen LogP contribution in [0.1, 0.15) is 43.6 Å². The molecule has 0 radical (unpaired) electrons. The Balaban J connectivity index is 1.44. The maximum Gasteiger partial charge on any atom is 0.345 e. The summed E-state index contributed by atoms with van der Waals surface area (Å²) in [7, 11) is 0. The summed E-state index contributed by atoms with van der Waals surface area (Å²) in [6.07, 6.45) is 1.41. The Hall–Kier alpha value is -4.66. The molecule has 10 heteroatoms. The highest BCUT2D eigenvalue weighted by atomic mass is 35.5. The number of anilines is 1.